The number of fused-ring (bicyclic) bond motifs is 1. The number of hydrogen-bond acceptors (Lipinski definition) is 4. The molecule has 1 amide bonds. The third-order valence-corrected chi connectivity index (χ3v) is 8.96. The highest BCUT2D eigenvalue weighted by molar-refractivity contribution is 7.91. The zero-order chi connectivity index (χ0) is 22.8. The van der Waals surface area contributed by atoms with Gasteiger partial charge in [0.05, 0.1) is 5.75 Å². The Morgan fingerprint density at radius 3 is 2.52 bits per heavy atom. The van der Waals surface area contributed by atoms with Crippen molar-refractivity contribution in [2.24, 2.45) is 0 Å². The number of amides is 1. The lowest BCUT2D eigenvalue weighted by atomic mass is 9.58. The molecule has 2 aliphatic rings. The van der Waals surface area contributed by atoms with Gasteiger partial charge in [0.25, 0.3) is 0 Å². The second kappa shape index (κ2) is 10.8. The van der Waals surface area contributed by atoms with Crippen LogP contribution in [0.3, 0.4) is 0 Å². The van der Waals surface area contributed by atoms with Gasteiger partial charge in [-0.15, -0.1) is 12.4 Å². The maximum atomic E-state index is 12.4. The van der Waals surface area contributed by atoms with E-state index in [1.807, 2.05) is 25.1 Å². The SMILES string of the molecule is CCCS(=O)(=O)CCC(=O)Nc1ccc2c(c1)C(C1(c3ccc(Cl)cc3)CCC1)NCC2.Cl. The van der Waals surface area contributed by atoms with Crippen LogP contribution in [0.2, 0.25) is 5.02 Å². The molecule has 33 heavy (non-hydrogen) atoms. The minimum atomic E-state index is -3.17. The quantitative estimate of drug-likeness (QED) is 0.510. The molecule has 0 radical (unpaired) electrons. The summed E-state index contributed by atoms with van der Waals surface area (Å²) in [7, 11) is -3.17. The Kier molecular flexibility index (Phi) is 8.49. The fourth-order valence-electron chi connectivity index (χ4n) is 5.09. The van der Waals surface area contributed by atoms with Crippen molar-refractivity contribution in [2.45, 2.75) is 56.9 Å². The standard InChI is InChI=1S/C25H31ClN2O3S.ClH/c1-2-15-32(30,31)16-11-23(29)28-21-9-4-18-10-14-27-24(22(18)17-21)25(12-3-13-25)19-5-7-20(26)8-6-19;/h4-9,17,24,27H,2-3,10-16H2,1H3,(H,28,29);1H. The molecule has 2 aromatic rings. The van der Waals surface area contributed by atoms with Gasteiger partial charge in [-0.1, -0.05) is 43.1 Å². The van der Waals surface area contributed by atoms with Crippen molar-refractivity contribution >= 4 is 45.4 Å². The summed E-state index contributed by atoms with van der Waals surface area (Å²) in [6.45, 7) is 2.75. The molecule has 1 unspecified atom stereocenters. The molecule has 1 heterocycles. The summed E-state index contributed by atoms with van der Waals surface area (Å²) >= 11 is 6.14. The predicted octanol–water partition coefficient (Wildman–Crippen LogP) is 5.22. The fourth-order valence-corrected chi connectivity index (χ4v) is 6.54. The van der Waals surface area contributed by atoms with Crippen LogP contribution < -0.4 is 10.6 Å². The summed E-state index contributed by atoms with van der Waals surface area (Å²) in [6.07, 6.45) is 4.91. The van der Waals surface area contributed by atoms with Crippen LogP contribution in [-0.2, 0) is 26.5 Å². The third-order valence-electron chi connectivity index (χ3n) is 6.86. The number of nitrogens with one attached hydrogen (secondary N) is 2. The lowest BCUT2D eigenvalue weighted by molar-refractivity contribution is -0.115. The van der Waals surface area contributed by atoms with E-state index in [2.05, 4.69) is 34.9 Å². The van der Waals surface area contributed by atoms with Crippen molar-refractivity contribution in [1.82, 2.24) is 5.32 Å². The Balaban J connectivity index is 0.00000306. The topological polar surface area (TPSA) is 75.3 Å². The Hall–Kier alpha value is -1.60. The van der Waals surface area contributed by atoms with E-state index in [4.69, 9.17) is 11.6 Å². The molecule has 0 spiro atoms. The van der Waals surface area contributed by atoms with Crippen molar-refractivity contribution in [3.05, 3.63) is 64.2 Å². The van der Waals surface area contributed by atoms with Crippen LogP contribution >= 0.6 is 24.0 Å². The molecule has 8 heteroatoms. The smallest absolute Gasteiger partial charge is 0.225 e. The van der Waals surface area contributed by atoms with Gasteiger partial charge < -0.3 is 10.6 Å². The zero-order valence-electron chi connectivity index (χ0n) is 18.9. The van der Waals surface area contributed by atoms with Gasteiger partial charge in [-0.05, 0) is 73.2 Å². The molecular formula is C25H32Cl2N2O3S. The van der Waals surface area contributed by atoms with Crippen molar-refractivity contribution in [3.8, 4) is 0 Å². The summed E-state index contributed by atoms with van der Waals surface area (Å²) < 4.78 is 23.9. The molecule has 1 fully saturated rings. The number of sulfone groups is 1. The molecular weight excluding hydrogens is 479 g/mol. The minimum Gasteiger partial charge on any atom is -0.326 e. The van der Waals surface area contributed by atoms with Gasteiger partial charge in [0, 0.05) is 34.3 Å². The van der Waals surface area contributed by atoms with E-state index in [-0.39, 0.29) is 47.7 Å². The molecule has 1 saturated carbocycles. The molecule has 1 aliphatic heterocycles. The predicted molar refractivity (Wildman–Crippen MR) is 137 cm³/mol. The van der Waals surface area contributed by atoms with E-state index in [1.54, 1.807) is 0 Å². The van der Waals surface area contributed by atoms with Crippen LogP contribution in [-0.4, -0.2) is 32.4 Å². The van der Waals surface area contributed by atoms with Crippen molar-refractivity contribution in [3.63, 3.8) is 0 Å². The number of carbonyl (C=O) groups excluding carboxylic acids is 1. The van der Waals surface area contributed by atoms with Gasteiger partial charge in [-0.2, -0.15) is 0 Å². The van der Waals surface area contributed by atoms with Crippen LogP contribution in [0.5, 0.6) is 0 Å². The van der Waals surface area contributed by atoms with Crippen LogP contribution in [0.4, 0.5) is 5.69 Å². The van der Waals surface area contributed by atoms with Gasteiger partial charge in [0.1, 0.15) is 0 Å². The van der Waals surface area contributed by atoms with Gasteiger partial charge >= 0.3 is 0 Å². The first-order chi connectivity index (χ1) is 15.3. The molecule has 2 N–H and O–H groups in total. The summed E-state index contributed by atoms with van der Waals surface area (Å²) in [6, 6.07) is 14.5. The first kappa shape index (κ1) is 26.0. The second-order valence-electron chi connectivity index (χ2n) is 9.02. The van der Waals surface area contributed by atoms with E-state index in [9.17, 15) is 13.2 Å². The second-order valence-corrected chi connectivity index (χ2v) is 11.8. The molecule has 1 aliphatic carbocycles. The average Bonchev–Trinajstić information content (AvgIpc) is 2.73. The Labute approximate surface area is 208 Å². The molecule has 0 aromatic heterocycles. The molecule has 1 atom stereocenters. The van der Waals surface area contributed by atoms with E-state index in [1.165, 1.54) is 23.1 Å². The van der Waals surface area contributed by atoms with E-state index in [0.717, 1.165) is 36.5 Å². The monoisotopic (exact) mass is 510 g/mol. The number of halogens is 2. The Bertz CT molecular complexity index is 1080. The maximum absolute atomic E-state index is 12.4. The Morgan fingerprint density at radius 1 is 1.15 bits per heavy atom. The molecule has 0 saturated heterocycles. The number of carbonyl (C=O) groups is 1. The maximum Gasteiger partial charge on any atom is 0.225 e. The molecule has 180 valence electrons. The van der Waals surface area contributed by atoms with E-state index < -0.39 is 9.84 Å². The molecule has 0 bridgehead atoms. The lowest BCUT2D eigenvalue weighted by Gasteiger charge is -2.50. The van der Waals surface area contributed by atoms with Crippen LogP contribution in [0, 0.1) is 0 Å². The first-order valence-corrected chi connectivity index (χ1v) is 13.7. The first-order valence-electron chi connectivity index (χ1n) is 11.5. The summed E-state index contributed by atoms with van der Waals surface area (Å²) in [5.74, 6) is -0.248. The number of benzene rings is 2. The van der Waals surface area contributed by atoms with E-state index in [0.29, 0.717) is 6.42 Å². The van der Waals surface area contributed by atoms with Gasteiger partial charge in [0.2, 0.25) is 5.91 Å². The zero-order valence-corrected chi connectivity index (χ0v) is 21.3. The fraction of sp³-hybridized carbons (Fsp3) is 0.480. The summed E-state index contributed by atoms with van der Waals surface area (Å²) in [5, 5.41) is 7.40. The van der Waals surface area contributed by atoms with Crippen LogP contribution in [0.1, 0.15) is 61.8 Å². The van der Waals surface area contributed by atoms with Crippen LogP contribution in [0.25, 0.3) is 0 Å². The van der Waals surface area contributed by atoms with Crippen molar-refractivity contribution in [1.29, 1.82) is 0 Å². The van der Waals surface area contributed by atoms with Crippen LogP contribution in [0.15, 0.2) is 42.5 Å². The van der Waals surface area contributed by atoms with Gasteiger partial charge in [-0.3, -0.25) is 4.79 Å². The van der Waals surface area contributed by atoms with Crippen molar-refractivity contribution < 1.29 is 13.2 Å². The lowest BCUT2D eigenvalue weighted by Crippen LogP contribution is -2.49. The Morgan fingerprint density at radius 2 is 1.88 bits per heavy atom. The molecule has 4 rings (SSSR count). The number of anilines is 1. The number of rotatable bonds is 8. The van der Waals surface area contributed by atoms with Gasteiger partial charge in [0.15, 0.2) is 9.84 Å². The highest BCUT2D eigenvalue weighted by Gasteiger charge is 2.47. The summed E-state index contributed by atoms with van der Waals surface area (Å²) in [5.41, 5.74) is 4.58. The average molecular weight is 512 g/mol. The third kappa shape index (κ3) is 5.73. The largest absolute Gasteiger partial charge is 0.326 e. The highest BCUT2D eigenvalue weighted by Crippen LogP contribution is 2.53. The molecule has 2 aromatic carbocycles. The van der Waals surface area contributed by atoms with Crippen molar-refractivity contribution in [2.75, 3.05) is 23.4 Å². The van der Waals surface area contributed by atoms with E-state index >= 15 is 0 Å². The normalized spacial score (nSPS) is 19.0. The van der Waals surface area contributed by atoms with Gasteiger partial charge in [-0.25, -0.2) is 8.42 Å². The molecule has 5 nitrogen and oxygen atoms in total. The minimum absolute atomic E-state index is 0. The summed E-state index contributed by atoms with van der Waals surface area (Å²) in [4.78, 5) is 12.4. The highest BCUT2D eigenvalue weighted by atomic mass is 35.5. The number of hydrogen-bond donors (Lipinski definition) is 2.